The highest BCUT2D eigenvalue weighted by atomic mass is 16.5. The number of carbonyl (C=O) groups excluding carboxylic acids is 1. The lowest BCUT2D eigenvalue weighted by atomic mass is 9.96. The maximum atomic E-state index is 13.0. The lowest BCUT2D eigenvalue weighted by Crippen LogP contribution is -2.40. The van der Waals surface area contributed by atoms with Gasteiger partial charge in [0.1, 0.15) is 11.9 Å². The molecule has 3 aromatic heterocycles. The van der Waals surface area contributed by atoms with Crippen LogP contribution in [0.5, 0.6) is 0 Å². The van der Waals surface area contributed by atoms with E-state index in [1.165, 1.54) is 0 Å². The summed E-state index contributed by atoms with van der Waals surface area (Å²) in [5, 5.41) is 6.48. The van der Waals surface area contributed by atoms with Crippen LogP contribution in [-0.4, -0.2) is 55.4 Å². The first kappa shape index (κ1) is 22.0. The standard InChI is InChI=1S/C27H30N6O2/c1-16-5-6-19-11-22(20-12-29-32(4)14-20)28-13-21(19)24(16)25-23-15-31(3)27(34)17(2)33(23)26(30-25)18-7-9-35-10-8-18/h5-6,11-14,17-18H,7-10,15H2,1-4H3. The Hall–Kier alpha value is -3.52. The predicted molar refractivity (Wildman–Crippen MR) is 134 cm³/mol. The lowest BCUT2D eigenvalue weighted by Gasteiger charge is -2.33. The van der Waals surface area contributed by atoms with Gasteiger partial charge in [-0.25, -0.2) is 4.98 Å². The molecule has 0 radical (unpaired) electrons. The third-order valence-corrected chi connectivity index (χ3v) is 7.48. The third kappa shape index (κ3) is 3.55. The Labute approximate surface area is 204 Å². The van der Waals surface area contributed by atoms with E-state index in [1.54, 1.807) is 4.68 Å². The van der Waals surface area contributed by atoms with E-state index in [2.05, 4.69) is 34.8 Å². The quantitative estimate of drug-likeness (QED) is 0.448. The highest BCUT2D eigenvalue weighted by Crippen LogP contribution is 2.41. The van der Waals surface area contributed by atoms with Crippen LogP contribution in [0.4, 0.5) is 0 Å². The molecule has 2 aliphatic heterocycles. The van der Waals surface area contributed by atoms with Gasteiger partial charge in [-0.2, -0.15) is 5.10 Å². The maximum Gasteiger partial charge on any atom is 0.245 e. The molecule has 0 N–H and O–H groups in total. The summed E-state index contributed by atoms with van der Waals surface area (Å²) in [4.78, 5) is 24.9. The number of amides is 1. The largest absolute Gasteiger partial charge is 0.381 e. The summed E-state index contributed by atoms with van der Waals surface area (Å²) in [6.45, 7) is 6.14. The Balaban J connectivity index is 1.56. The molecule has 1 saturated heterocycles. The Bertz CT molecular complexity index is 1450. The molecule has 1 fully saturated rings. The molecule has 8 nitrogen and oxygen atoms in total. The number of rotatable bonds is 3. The van der Waals surface area contributed by atoms with E-state index in [4.69, 9.17) is 14.7 Å². The number of imidazole rings is 1. The number of aromatic nitrogens is 5. The zero-order valence-corrected chi connectivity index (χ0v) is 20.7. The molecule has 0 saturated carbocycles. The number of hydrogen-bond acceptors (Lipinski definition) is 5. The van der Waals surface area contributed by atoms with Crippen molar-refractivity contribution in [2.45, 2.75) is 45.2 Å². The molecule has 0 aliphatic carbocycles. The topological polar surface area (TPSA) is 78.1 Å². The van der Waals surface area contributed by atoms with Crippen molar-refractivity contribution in [1.82, 2.24) is 29.2 Å². The number of fused-ring (bicyclic) bond motifs is 2. The average Bonchev–Trinajstić information content (AvgIpc) is 3.47. The minimum Gasteiger partial charge on any atom is -0.381 e. The number of nitrogens with zero attached hydrogens (tertiary/aromatic N) is 6. The Morgan fingerprint density at radius 1 is 1.11 bits per heavy atom. The number of pyridine rings is 1. The van der Waals surface area contributed by atoms with Gasteiger partial charge in [-0.15, -0.1) is 0 Å². The zero-order chi connectivity index (χ0) is 24.3. The van der Waals surface area contributed by atoms with Crippen molar-refractivity contribution in [2.24, 2.45) is 7.05 Å². The molecule has 180 valence electrons. The number of likely N-dealkylation sites (N-methyl/N-ethyl adjacent to an activating group) is 1. The van der Waals surface area contributed by atoms with Crippen LogP contribution in [-0.2, 0) is 23.1 Å². The van der Waals surface area contributed by atoms with E-state index >= 15 is 0 Å². The maximum absolute atomic E-state index is 13.0. The molecule has 1 aromatic carbocycles. The zero-order valence-electron chi connectivity index (χ0n) is 20.7. The average molecular weight is 471 g/mol. The summed E-state index contributed by atoms with van der Waals surface area (Å²) in [5.41, 5.74) is 6.22. The van der Waals surface area contributed by atoms with Crippen LogP contribution in [0.1, 0.15) is 48.8 Å². The van der Waals surface area contributed by atoms with Crippen LogP contribution in [0.2, 0.25) is 0 Å². The van der Waals surface area contributed by atoms with Crippen molar-refractivity contribution in [2.75, 3.05) is 20.3 Å². The Kier molecular flexibility index (Phi) is 5.21. The smallest absolute Gasteiger partial charge is 0.245 e. The second-order valence-electron chi connectivity index (χ2n) is 9.84. The Morgan fingerprint density at radius 3 is 2.66 bits per heavy atom. The molecule has 1 unspecified atom stereocenters. The molecule has 1 atom stereocenters. The summed E-state index contributed by atoms with van der Waals surface area (Å²) in [7, 11) is 3.79. The van der Waals surface area contributed by atoms with E-state index in [0.717, 1.165) is 76.4 Å². The van der Waals surface area contributed by atoms with E-state index in [0.29, 0.717) is 12.5 Å². The number of hydrogen-bond donors (Lipinski definition) is 0. The van der Waals surface area contributed by atoms with Crippen molar-refractivity contribution in [3.05, 3.63) is 53.9 Å². The molecule has 35 heavy (non-hydrogen) atoms. The number of ether oxygens (including phenoxy) is 1. The van der Waals surface area contributed by atoms with Crippen molar-refractivity contribution in [3.63, 3.8) is 0 Å². The van der Waals surface area contributed by atoms with E-state index in [9.17, 15) is 4.79 Å². The van der Waals surface area contributed by atoms with Gasteiger partial charge in [-0.3, -0.25) is 14.5 Å². The molecule has 1 amide bonds. The van der Waals surface area contributed by atoms with Crippen LogP contribution in [0.15, 0.2) is 36.8 Å². The van der Waals surface area contributed by atoms with Crippen LogP contribution in [0.3, 0.4) is 0 Å². The summed E-state index contributed by atoms with van der Waals surface area (Å²) in [6.07, 6.45) is 7.63. The minimum atomic E-state index is -0.270. The highest BCUT2D eigenvalue weighted by molar-refractivity contribution is 5.99. The summed E-state index contributed by atoms with van der Waals surface area (Å²) >= 11 is 0. The van der Waals surface area contributed by atoms with Gasteiger partial charge in [0.25, 0.3) is 0 Å². The lowest BCUT2D eigenvalue weighted by molar-refractivity contribution is -0.135. The van der Waals surface area contributed by atoms with Crippen LogP contribution in [0, 0.1) is 6.92 Å². The first-order valence-electron chi connectivity index (χ1n) is 12.2. The van der Waals surface area contributed by atoms with Crippen LogP contribution in [0.25, 0.3) is 33.3 Å². The van der Waals surface area contributed by atoms with Gasteiger partial charge in [0.15, 0.2) is 0 Å². The first-order valence-corrected chi connectivity index (χ1v) is 12.2. The molecule has 6 rings (SSSR count). The molecule has 4 aromatic rings. The summed E-state index contributed by atoms with van der Waals surface area (Å²) in [5.74, 6) is 1.44. The molecule has 5 heterocycles. The van der Waals surface area contributed by atoms with E-state index in [-0.39, 0.29) is 11.9 Å². The molecule has 0 spiro atoms. The fraction of sp³-hybridized carbons (Fsp3) is 0.407. The van der Waals surface area contributed by atoms with Gasteiger partial charge in [0, 0.05) is 62.1 Å². The van der Waals surface area contributed by atoms with Crippen molar-refractivity contribution in [3.8, 4) is 22.5 Å². The second-order valence-corrected chi connectivity index (χ2v) is 9.84. The van der Waals surface area contributed by atoms with Crippen LogP contribution >= 0.6 is 0 Å². The van der Waals surface area contributed by atoms with Crippen molar-refractivity contribution < 1.29 is 9.53 Å². The number of aryl methyl sites for hydroxylation is 2. The van der Waals surface area contributed by atoms with E-state index in [1.807, 2.05) is 44.5 Å². The van der Waals surface area contributed by atoms with E-state index < -0.39 is 0 Å². The number of carbonyl (C=O) groups is 1. The van der Waals surface area contributed by atoms with Gasteiger partial charge in [-0.05, 0) is 43.7 Å². The van der Waals surface area contributed by atoms with Gasteiger partial charge in [0.2, 0.25) is 5.91 Å². The minimum absolute atomic E-state index is 0.132. The first-order chi connectivity index (χ1) is 16.9. The fourth-order valence-electron chi connectivity index (χ4n) is 5.60. The molecular formula is C27H30N6O2. The van der Waals surface area contributed by atoms with Gasteiger partial charge in [-0.1, -0.05) is 12.1 Å². The monoisotopic (exact) mass is 470 g/mol. The fourth-order valence-corrected chi connectivity index (χ4v) is 5.60. The predicted octanol–water partition coefficient (Wildman–Crippen LogP) is 4.23. The molecule has 8 heteroatoms. The third-order valence-electron chi connectivity index (χ3n) is 7.48. The molecule has 0 bridgehead atoms. The van der Waals surface area contributed by atoms with Gasteiger partial charge >= 0.3 is 0 Å². The Morgan fingerprint density at radius 2 is 1.91 bits per heavy atom. The molecular weight excluding hydrogens is 440 g/mol. The van der Waals surface area contributed by atoms with Crippen molar-refractivity contribution in [1.29, 1.82) is 0 Å². The summed E-state index contributed by atoms with van der Waals surface area (Å²) < 4.78 is 9.62. The summed E-state index contributed by atoms with van der Waals surface area (Å²) in [6, 6.07) is 6.16. The molecule has 2 aliphatic rings. The van der Waals surface area contributed by atoms with Crippen molar-refractivity contribution >= 4 is 16.7 Å². The SMILES string of the molecule is Cc1ccc2cc(-c3cnn(C)c3)ncc2c1-c1nc(C2CCOCC2)n2c1CN(C)C(=O)C2C. The van der Waals surface area contributed by atoms with Crippen LogP contribution < -0.4 is 0 Å². The number of benzene rings is 1. The van der Waals surface area contributed by atoms with Gasteiger partial charge in [0.05, 0.1) is 29.8 Å². The second kappa shape index (κ2) is 8.30. The normalized spacial score (nSPS) is 18.9. The highest BCUT2D eigenvalue weighted by Gasteiger charge is 2.36. The van der Waals surface area contributed by atoms with Gasteiger partial charge < -0.3 is 14.2 Å².